The SMILES string of the molecule is O=C1[C@@H]2[C@@H](N=NN2Cc2nc(-c3ccccc3)no2)C(=O)N1c1cccc(F)c1. The van der Waals surface area contributed by atoms with E-state index >= 15 is 0 Å². The Hall–Kier alpha value is -3.95. The van der Waals surface area contributed by atoms with Crippen LogP contribution < -0.4 is 4.90 Å². The second-order valence-electron chi connectivity index (χ2n) is 6.56. The number of nitrogens with zero attached hydrogens (tertiary/aromatic N) is 6. The third kappa shape index (κ3) is 2.85. The molecule has 10 heteroatoms. The predicted octanol–water partition coefficient (Wildman–Crippen LogP) is 2.37. The van der Waals surface area contributed by atoms with Gasteiger partial charge in [-0.2, -0.15) is 10.1 Å². The summed E-state index contributed by atoms with van der Waals surface area (Å²) in [5.41, 5.74) is 0.946. The number of anilines is 1. The van der Waals surface area contributed by atoms with Gasteiger partial charge in [-0.15, -0.1) is 0 Å². The van der Waals surface area contributed by atoms with E-state index < -0.39 is 29.7 Å². The lowest BCUT2D eigenvalue weighted by Crippen LogP contribution is -2.39. The number of rotatable bonds is 4. The van der Waals surface area contributed by atoms with E-state index in [1.807, 2.05) is 30.3 Å². The van der Waals surface area contributed by atoms with Gasteiger partial charge in [0, 0.05) is 5.56 Å². The van der Waals surface area contributed by atoms with E-state index in [1.165, 1.54) is 23.2 Å². The number of benzene rings is 2. The summed E-state index contributed by atoms with van der Waals surface area (Å²) in [6.07, 6.45) is 0. The molecule has 0 N–H and O–H groups in total. The summed E-state index contributed by atoms with van der Waals surface area (Å²) in [4.78, 5) is 30.8. The number of hydrogen-bond acceptors (Lipinski definition) is 8. The zero-order chi connectivity index (χ0) is 20.0. The van der Waals surface area contributed by atoms with Gasteiger partial charge in [0.05, 0.1) is 5.69 Å². The minimum Gasteiger partial charge on any atom is -0.337 e. The number of hydrogen-bond donors (Lipinski definition) is 0. The van der Waals surface area contributed by atoms with Crippen molar-refractivity contribution in [2.75, 3.05) is 4.90 Å². The average molecular weight is 392 g/mol. The number of amides is 2. The molecule has 1 fully saturated rings. The molecule has 0 spiro atoms. The minimum atomic E-state index is -0.984. The summed E-state index contributed by atoms with van der Waals surface area (Å²) >= 11 is 0. The van der Waals surface area contributed by atoms with Crippen molar-refractivity contribution >= 4 is 17.5 Å². The smallest absolute Gasteiger partial charge is 0.263 e. The summed E-state index contributed by atoms with van der Waals surface area (Å²) in [6.45, 7) is 0.0144. The Morgan fingerprint density at radius 1 is 1.03 bits per heavy atom. The fourth-order valence-electron chi connectivity index (χ4n) is 3.39. The van der Waals surface area contributed by atoms with Crippen molar-refractivity contribution in [3.05, 3.63) is 66.3 Å². The van der Waals surface area contributed by atoms with Crippen LogP contribution in [0, 0.1) is 5.82 Å². The molecule has 0 unspecified atom stereocenters. The number of carbonyl (C=O) groups excluding carboxylic acids is 2. The van der Waals surface area contributed by atoms with Gasteiger partial charge in [0.15, 0.2) is 12.1 Å². The van der Waals surface area contributed by atoms with Crippen LogP contribution in [0.3, 0.4) is 0 Å². The van der Waals surface area contributed by atoms with E-state index in [-0.39, 0.29) is 18.1 Å². The van der Waals surface area contributed by atoms with Crippen LogP contribution in [0.5, 0.6) is 0 Å². The lowest BCUT2D eigenvalue weighted by Gasteiger charge is -2.19. The molecule has 0 aliphatic carbocycles. The molecule has 1 saturated heterocycles. The van der Waals surface area contributed by atoms with Gasteiger partial charge in [-0.05, 0) is 18.2 Å². The maximum atomic E-state index is 13.5. The fraction of sp³-hybridized carbons (Fsp3) is 0.158. The molecule has 5 rings (SSSR count). The van der Waals surface area contributed by atoms with Crippen LogP contribution in [0.1, 0.15) is 5.89 Å². The fourth-order valence-corrected chi connectivity index (χ4v) is 3.39. The molecule has 2 atom stereocenters. The van der Waals surface area contributed by atoms with E-state index in [4.69, 9.17) is 4.52 Å². The van der Waals surface area contributed by atoms with Crippen molar-refractivity contribution in [2.45, 2.75) is 18.6 Å². The van der Waals surface area contributed by atoms with E-state index in [9.17, 15) is 14.0 Å². The summed E-state index contributed by atoms with van der Waals surface area (Å²) in [5.74, 6) is -0.986. The van der Waals surface area contributed by atoms with Crippen LogP contribution in [0.15, 0.2) is 69.5 Å². The third-order valence-electron chi connectivity index (χ3n) is 4.72. The molecule has 29 heavy (non-hydrogen) atoms. The first-order chi connectivity index (χ1) is 14.1. The first-order valence-electron chi connectivity index (χ1n) is 8.80. The summed E-state index contributed by atoms with van der Waals surface area (Å²) in [6, 6.07) is 12.6. The third-order valence-corrected chi connectivity index (χ3v) is 4.72. The van der Waals surface area contributed by atoms with Gasteiger partial charge >= 0.3 is 0 Å². The van der Waals surface area contributed by atoms with Crippen molar-refractivity contribution < 1.29 is 18.5 Å². The van der Waals surface area contributed by atoms with Crippen molar-refractivity contribution in [3.8, 4) is 11.4 Å². The highest BCUT2D eigenvalue weighted by Crippen LogP contribution is 2.33. The molecular formula is C19H13FN6O3. The van der Waals surface area contributed by atoms with Gasteiger partial charge < -0.3 is 4.52 Å². The largest absolute Gasteiger partial charge is 0.337 e. The molecule has 3 heterocycles. The second kappa shape index (κ2) is 6.59. The van der Waals surface area contributed by atoms with Crippen molar-refractivity contribution in [2.24, 2.45) is 10.3 Å². The molecule has 3 aromatic rings. The van der Waals surface area contributed by atoms with Crippen LogP contribution in [-0.4, -0.2) is 39.0 Å². The van der Waals surface area contributed by atoms with Crippen molar-refractivity contribution in [3.63, 3.8) is 0 Å². The van der Waals surface area contributed by atoms with Crippen LogP contribution >= 0.6 is 0 Å². The Labute approximate surface area is 163 Å². The Morgan fingerprint density at radius 3 is 2.66 bits per heavy atom. The topological polar surface area (TPSA) is 104 Å². The first-order valence-corrected chi connectivity index (χ1v) is 8.80. The van der Waals surface area contributed by atoms with Gasteiger partial charge in [0.2, 0.25) is 11.7 Å². The van der Waals surface area contributed by atoms with E-state index in [1.54, 1.807) is 0 Å². The molecule has 2 aromatic carbocycles. The van der Waals surface area contributed by atoms with Crippen LogP contribution in [0.25, 0.3) is 11.4 Å². The lowest BCUT2D eigenvalue weighted by atomic mass is 10.1. The Bertz CT molecular complexity index is 1130. The van der Waals surface area contributed by atoms with Crippen molar-refractivity contribution in [1.29, 1.82) is 0 Å². The predicted molar refractivity (Wildman–Crippen MR) is 96.6 cm³/mol. The van der Waals surface area contributed by atoms with Crippen LogP contribution in [0.2, 0.25) is 0 Å². The number of aromatic nitrogens is 2. The van der Waals surface area contributed by atoms with Gasteiger partial charge in [0.1, 0.15) is 12.4 Å². The highest BCUT2D eigenvalue weighted by atomic mass is 19.1. The average Bonchev–Trinajstić information content (AvgIpc) is 3.41. The molecule has 2 aliphatic rings. The molecule has 1 aromatic heterocycles. The van der Waals surface area contributed by atoms with Crippen LogP contribution in [0.4, 0.5) is 10.1 Å². The molecule has 0 saturated carbocycles. The number of fused-ring (bicyclic) bond motifs is 1. The van der Waals surface area contributed by atoms with E-state index in [0.717, 1.165) is 16.5 Å². The number of halogens is 1. The lowest BCUT2D eigenvalue weighted by molar-refractivity contribution is -0.123. The molecule has 0 bridgehead atoms. The van der Waals surface area contributed by atoms with Gasteiger partial charge in [-0.25, -0.2) is 9.29 Å². The Balaban J connectivity index is 1.38. The van der Waals surface area contributed by atoms with E-state index in [0.29, 0.717) is 5.82 Å². The highest BCUT2D eigenvalue weighted by Gasteiger charge is 2.55. The maximum absolute atomic E-state index is 13.5. The normalized spacial score (nSPS) is 20.6. The first kappa shape index (κ1) is 17.2. The summed E-state index contributed by atoms with van der Waals surface area (Å²) in [5, 5.41) is 13.1. The van der Waals surface area contributed by atoms with Gasteiger partial charge in [-0.3, -0.25) is 14.6 Å². The monoisotopic (exact) mass is 392 g/mol. The molecule has 9 nitrogen and oxygen atoms in total. The summed E-state index contributed by atoms with van der Waals surface area (Å²) < 4.78 is 18.8. The Morgan fingerprint density at radius 2 is 1.86 bits per heavy atom. The van der Waals surface area contributed by atoms with Crippen LogP contribution in [-0.2, 0) is 16.1 Å². The molecular weight excluding hydrogens is 379 g/mol. The zero-order valence-electron chi connectivity index (χ0n) is 14.8. The highest BCUT2D eigenvalue weighted by molar-refractivity contribution is 6.25. The summed E-state index contributed by atoms with van der Waals surface area (Å²) in [7, 11) is 0. The maximum Gasteiger partial charge on any atom is 0.263 e. The second-order valence-corrected chi connectivity index (χ2v) is 6.56. The molecule has 0 radical (unpaired) electrons. The Kier molecular flexibility index (Phi) is 3.90. The quantitative estimate of drug-likeness (QED) is 0.632. The van der Waals surface area contributed by atoms with E-state index in [2.05, 4.69) is 20.5 Å². The van der Waals surface area contributed by atoms with Gasteiger partial charge in [-0.1, -0.05) is 46.8 Å². The van der Waals surface area contributed by atoms with Gasteiger partial charge in [0.25, 0.3) is 11.8 Å². The zero-order valence-corrected chi connectivity index (χ0v) is 14.8. The molecule has 2 amide bonds. The molecule has 2 aliphatic heterocycles. The number of imide groups is 1. The standard InChI is InChI=1S/C19H13FN6O3/c20-12-7-4-8-13(9-12)26-18(27)15-16(19(26)28)25(24-22-15)10-14-21-17(23-29-14)11-5-2-1-3-6-11/h1-9,15-16H,10H2/t15-,16+/m1/s1. The van der Waals surface area contributed by atoms with Crippen molar-refractivity contribution in [1.82, 2.24) is 15.1 Å². The minimum absolute atomic E-state index is 0.0144. The molecule has 144 valence electrons. The number of carbonyl (C=O) groups is 2.